The van der Waals surface area contributed by atoms with E-state index in [1.165, 1.54) is 141 Å². The van der Waals surface area contributed by atoms with E-state index < -0.39 is 0 Å². The van der Waals surface area contributed by atoms with Crippen LogP contribution in [0, 0.1) is 0 Å². The molecule has 0 aromatic heterocycles. The number of unbranched alkanes of at least 4 members (excludes halogenated alkanes) is 18. The Morgan fingerprint density at radius 1 is 0.632 bits per heavy atom. The van der Waals surface area contributed by atoms with Crippen LogP contribution in [-0.4, -0.2) is 44.2 Å². The van der Waals surface area contributed by atoms with E-state index in [4.69, 9.17) is 4.74 Å². The maximum atomic E-state index is 5.98. The van der Waals surface area contributed by atoms with Gasteiger partial charge in [-0.25, -0.2) is 0 Å². The van der Waals surface area contributed by atoms with Gasteiger partial charge in [0.05, 0.1) is 6.61 Å². The third-order valence-corrected chi connectivity index (χ3v) is 8.22. The second-order valence-corrected chi connectivity index (χ2v) is 11.6. The van der Waals surface area contributed by atoms with Crippen LogP contribution in [0.1, 0.15) is 135 Å². The Bertz CT molecular complexity index is 650. The highest BCUT2D eigenvalue weighted by Gasteiger charge is 2.16. The maximum absolute atomic E-state index is 5.98. The smallest absolute Gasteiger partial charge is 0.119 e. The second-order valence-electron chi connectivity index (χ2n) is 11.6. The maximum Gasteiger partial charge on any atom is 0.119 e. The summed E-state index contributed by atoms with van der Waals surface area (Å²) >= 11 is 0. The van der Waals surface area contributed by atoms with Gasteiger partial charge in [0, 0.05) is 31.9 Å². The summed E-state index contributed by atoms with van der Waals surface area (Å²) in [5, 5.41) is 0. The van der Waals surface area contributed by atoms with Crippen LogP contribution in [0.4, 0.5) is 5.69 Å². The van der Waals surface area contributed by atoms with Gasteiger partial charge in [0.15, 0.2) is 0 Å². The van der Waals surface area contributed by atoms with Crippen molar-refractivity contribution in [3.63, 3.8) is 0 Å². The third kappa shape index (κ3) is 16.5. The lowest BCUT2D eigenvalue weighted by Crippen LogP contribution is -2.46. The zero-order chi connectivity index (χ0) is 26.9. The van der Waals surface area contributed by atoms with E-state index in [1.54, 1.807) is 0 Å². The zero-order valence-electron chi connectivity index (χ0n) is 25.3. The average molecular weight is 527 g/mol. The van der Waals surface area contributed by atoms with Crippen LogP contribution in [-0.2, 0) is 0 Å². The predicted molar refractivity (Wildman–Crippen MR) is 169 cm³/mol. The third-order valence-electron chi connectivity index (χ3n) is 8.22. The minimum Gasteiger partial charge on any atom is -0.494 e. The monoisotopic (exact) mass is 526 g/mol. The van der Waals surface area contributed by atoms with Gasteiger partial charge < -0.3 is 9.64 Å². The minimum atomic E-state index is 0.837. The van der Waals surface area contributed by atoms with E-state index in [2.05, 4.69) is 47.6 Å². The summed E-state index contributed by atoms with van der Waals surface area (Å²) in [5.41, 5.74) is 1.34. The first-order valence-electron chi connectivity index (χ1n) is 16.6. The number of hydrogen-bond acceptors (Lipinski definition) is 3. The number of rotatable bonds is 25. The molecule has 3 heteroatoms. The lowest BCUT2D eigenvalue weighted by molar-refractivity contribution is 0.252. The van der Waals surface area contributed by atoms with Crippen LogP contribution in [0.5, 0.6) is 5.75 Å². The van der Waals surface area contributed by atoms with Gasteiger partial charge in [0.2, 0.25) is 0 Å². The topological polar surface area (TPSA) is 15.7 Å². The standard InChI is InChI=1S/C35H62N2O/c1-3-5-7-9-11-13-14-15-16-17-18-20-22-28-36-29-31-37(32-30-36)34-24-26-35(27-25-34)38-33-23-21-19-12-10-8-6-4-2/h4,24-27H,2-3,5-23,28-33H2,1H3. The SMILES string of the molecule is C=CCCCCCCCCOc1ccc(N2CCN(CCCCCCCCCCCCCCC)CC2)cc1. The van der Waals surface area contributed by atoms with E-state index in [1.807, 2.05) is 6.08 Å². The largest absolute Gasteiger partial charge is 0.494 e. The number of allylic oxidation sites excluding steroid dienone is 1. The molecule has 0 atom stereocenters. The van der Waals surface area contributed by atoms with Crippen LogP contribution < -0.4 is 9.64 Å². The van der Waals surface area contributed by atoms with Gasteiger partial charge in [-0.05, 0) is 56.5 Å². The first-order valence-corrected chi connectivity index (χ1v) is 16.6. The molecule has 0 radical (unpaired) electrons. The van der Waals surface area contributed by atoms with Crippen molar-refractivity contribution in [1.82, 2.24) is 4.90 Å². The molecule has 1 heterocycles. The Morgan fingerprint density at radius 2 is 1.13 bits per heavy atom. The molecule has 0 aliphatic carbocycles. The van der Waals surface area contributed by atoms with Crippen LogP contribution in [0.25, 0.3) is 0 Å². The average Bonchev–Trinajstić information content (AvgIpc) is 2.95. The molecule has 2 rings (SSSR count). The van der Waals surface area contributed by atoms with Gasteiger partial charge in [-0.3, -0.25) is 4.90 Å². The van der Waals surface area contributed by atoms with Gasteiger partial charge >= 0.3 is 0 Å². The van der Waals surface area contributed by atoms with E-state index in [-0.39, 0.29) is 0 Å². The molecule has 0 N–H and O–H groups in total. The van der Waals surface area contributed by atoms with Crippen molar-refractivity contribution >= 4 is 5.69 Å². The van der Waals surface area contributed by atoms with Gasteiger partial charge in [-0.2, -0.15) is 0 Å². The highest BCUT2D eigenvalue weighted by Crippen LogP contribution is 2.21. The number of hydrogen-bond donors (Lipinski definition) is 0. The Balaban J connectivity index is 1.41. The second kappa shape index (κ2) is 23.4. The van der Waals surface area contributed by atoms with Crippen molar-refractivity contribution in [1.29, 1.82) is 0 Å². The van der Waals surface area contributed by atoms with Crippen molar-refractivity contribution in [2.45, 2.75) is 135 Å². The van der Waals surface area contributed by atoms with Crippen molar-refractivity contribution in [3.05, 3.63) is 36.9 Å². The molecule has 0 amide bonds. The van der Waals surface area contributed by atoms with Gasteiger partial charge in [0.1, 0.15) is 5.75 Å². The number of anilines is 1. The molecular formula is C35H62N2O. The number of ether oxygens (including phenoxy) is 1. The Hall–Kier alpha value is -1.48. The molecule has 1 aromatic carbocycles. The lowest BCUT2D eigenvalue weighted by Gasteiger charge is -2.36. The zero-order valence-corrected chi connectivity index (χ0v) is 25.3. The molecule has 1 aliphatic heterocycles. The molecule has 1 fully saturated rings. The predicted octanol–water partition coefficient (Wildman–Crippen LogP) is 10.2. The highest BCUT2D eigenvalue weighted by molar-refractivity contribution is 5.49. The first kappa shape index (κ1) is 32.7. The number of piperazine rings is 1. The molecular weight excluding hydrogens is 464 g/mol. The van der Waals surface area contributed by atoms with E-state index in [9.17, 15) is 0 Å². The molecule has 0 spiro atoms. The molecule has 0 bridgehead atoms. The van der Waals surface area contributed by atoms with E-state index in [0.717, 1.165) is 38.3 Å². The normalized spacial score (nSPS) is 14.2. The Labute approximate surface area is 237 Å². The first-order chi connectivity index (χ1) is 18.8. The van der Waals surface area contributed by atoms with Crippen molar-refractivity contribution in [2.24, 2.45) is 0 Å². The highest BCUT2D eigenvalue weighted by atomic mass is 16.5. The molecule has 38 heavy (non-hydrogen) atoms. The van der Waals surface area contributed by atoms with Crippen LogP contribution in [0.3, 0.4) is 0 Å². The fraction of sp³-hybridized carbons (Fsp3) is 0.771. The molecule has 1 saturated heterocycles. The van der Waals surface area contributed by atoms with Crippen LogP contribution >= 0.6 is 0 Å². The molecule has 1 aromatic rings. The van der Waals surface area contributed by atoms with Crippen molar-refractivity contribution in [2.75, 3.05) is 44.2 Å². The molecule has 3 nitrogen and oxygen atoms in total. The molecule has 0 unspecified atom stereocenters. The summed E-state index contributed by atoms with van der Waals surface area (Å²) in [7, 11) is 0. The van der Waals surface area contributed by atoms with Gasteiger partial charge in [0.25, 0.3) is 0 Å². The van der Waals surface area contributed by atoms with Crippen LogP contribution in [0.15, 0.2) is 36.9 Å². The minimum absolute atomic E-state index is 0.837. The molecule has 218 valence electrons. The van der Waals surface area contributed by atoms with E-state index in [0.29, 0.717) is 0 Å². The molecule has 0 saturated carbocycles. The fourth-order valence-electron chi connectivity index (χ4n) is 5.62. The number of nitrogens with zero attached hydrogens (tertiary/aromatic N) is 2. The molecule has 1 aliphatic rings. The fourth-order valence-corrected chi connectivity index (χ4v) is 5.62. The summed E-state index contributed by atoms with van der Waals surface area (Å²) in [6, 6.07) is 8.81. The van der Waals surface area contributed by atoms with Crippen molar-refractivity contribution in [3.8, 4) is 5.75 Å². The van der Waals surface area contributed by atoms with Crippen LogP contribution in [0.2, 0.25) is 0 Å². The summed E-state index contributed by atoms with van der Waals surface area (Å²) < 4.78 is 5.98. The van der Waals surface area contributed by atoms with Gasteiger partial charge in [-0.1, -0.05) is 116 Å². The summed E-state index contributed by atoms with van der Waals surface area (Å²) in [6.07, 6.45) is 29.6. The Kier molecular flexibility index (Phi) is 20.2. The van der Waals surface area contributed by atoms with Gasteiger partial charge in [-0.15, -0.1) is 6.58 Å². The lowest BCUT2D eigenvalue weighted by atomic mass is 10.0. The quantitative estimate of drug-likeness (QED) is 0.0931. The summed E-state index contributed by atoms with van der Waals surface area (Å²) in [6.45, 7) is 12.9. The Morgan fingerprint density at radius 3 is 1.68 bits per heavy atom. The number of benzene rings is 1. The van der Waals surface area contributed by atoms with Crippen molar-refractivity contribution < 1.29 is 4.74 Å². The summed E-state index contributed by atoms with van der Waals surface area (Å²) in [5.74, 6) is 1.01. The summed E-state index contributed by atoms with van der Waals surface area (Å²) in [4.78, 5) is 5.21. The van der Waals surface area contributed by atoms with E-state index >= 15 is 0 Å².